The van der Waals surface area contributed by atoms with Gasteiger partial charge in [-0.25, -0.2) is 0 Å². The minimum Gasteiger partial charge on any atom is -0.507 e. The number of para-hydroxylation sites is 1. The first kappa shape index (κ1) is 20.6. The summed E-state index contributed by atoms with van der Waals surface area (Å²) in [4.78, 5) is 43.0. The molecule has 2 aromatic rings. The number of Topliss-reactive ketones (excluding diaryl/α,β-unsaturated/α-hetero) is 1. The van der Waals surface area contributed by atoms with Crippen LogP contribution in [0, 0.1) is 0 Å². The summed E-state index contributed by atoms with van der Waals surface area (Å²) in [5.41, 5.74) is -0.625. The van der Waals surface area contributed by atoms with Gasteiger partial charge in [-0.3, -0.25) is 14.4 Å². The van der Waals surface area contributed by atoms with E-state index in [1.54, 1.807) is 60.7 Å². The molecule has 1 N–H and O–H groups in total. The average molecular weight is 418 g/mol. The van der Waals surface area contributed by atoms with Crippen LogP contribution < -0.4 is 4.90 Å². The Hall–Kier alpha value is -3.71. The summed E-state index contributed by atoms with van der Waals surface area (Å²) in [5.74, 6) is -2.62. The predicted molar refractivity (Wildman–Crippen MR) is 115 cm³/mol. The number of likely N-dealkylation sites (tertiary alicyclic amines) is 1. The molecule has 1 unspecified atom stereocenters. The second kappa shape index (κ2) is 7.85. The maximum Gasteiger partial charge on any atom is 0.296 e. The molecule has 4 rings (SSSR count). The van der Waals surface area contributed by atoms with Crippen molar-refractivity contribution in [3.05, 3.63) is 84.0 Å². The molecule has 0 aromatic heterocycles. The fourth-order valence-electron chi connectivity index (χ4n) is 4.40. The molecular weight excluding hydrogens is 396 g/mol. The normalized spacial score (nSPS) is 21.8. The van der Waals surface area contributed by atoms with Crippen molar-refractivity contribution in [1.29, 1.82) is 0 Å². The van der Waals surface area contributed by atoms with Crippen LogP contribution in [-0.4, -0.2) is 54.4 Å². The molecule has 2 aliphatic rings. The number of amides is 2. The molecule has 0 saturated carbocycles. The number of aliphatic hydroxyl groups excluding tert-OH is 1. The lowest BCUT2D eigenvalue weighted by Gasteiger charge is -2.34. The Morgan fingerprint density at radius 3 is 2.45 bits per heavy atom. The number of nitrogens with zero attached hydrogens (tertiary/aromatic N) is 2. The molecule has 0 aliphatic carbocycles. The highest BCUT2D eigenvalue weighted by Crippen LogP contribution is 2.53. The van der Waals surface area contributed by atoms with Crippen LogP contribution in [0.2, 0.25) is 0 Å². The molecule has 31 heavy (non-hydrogen) atoms. The zero-order valence-corrected chi connectivity index (χ0v) is 17.1. The first-order valence-corrected chi connectivity index (χ1v) is 9.86. The number of benzene rings is 2. The zero-order chi connectivity index (χ0) is 22.2. The van der Waals surface area contributed by atoms with E-state index < -0.39 is 23.1 Å². The first-order chi connectivity index (χ1) is 15.0. The Bertz CT molecular complexity index is 1110. The largest absolute Gasteiger partial charge is 0.507 e. The van der Waals surface area contributed by atoms with Crippen LogP contribution in [0.3, 0.4) is 0 Å². The van der Waals surface area contributed by atoms with Crippen molar-refractivity contribution in [2.24, 2.45) is 0 Å². The quantitative estimate of drug-likeness (QED) is 0.337. The Morgan fingerprint density at radius 1 is 1.10 bits per heavy atom. The summed E-state index contributed by atoms with van der Waals surface area (Å²) in [6.45, 7) is 4.05. The van der Waals surface area contributed by atoms with Crippen LogP contribution in [0.5, 0.6) is 0 Å². The highest BCUT2D eigenvalue weighted by molar-refractivity contribution is 6.50. The van der Waals surface area contributed by atoms with Crippen molar-refractivity contribution >= 4 is 29.0 Å². The van der Waals surface area contributed by atoms with Crippen molar-refractivity contribution in [2.75, 3.05) is 31.7 Å². The minimum absolute atomic E-state index is 0.00858. The molecular formula is C24H22N2O5. The summed E-state index contributed by atoms with van der Waals surface area (Å²) in [5, 5.41) is 11.2. The molecule has 2 aliphatic heterocycles. The van der Waals surface area contributed by atoms with Gasteiger partial charge in [-0.2, -0.15) is 0 Å². The molecule has 1 spiro atoms. The second-order valence-electron chi connectivity index (χ2n) is 7.30. The lowest BCUT2D eigenvalue weighted by Crippen LogP contribution is -2.52. The monoisotopic (exact) mass is 418 g/mol. The van der Waals surface area contributed by atoms with Crippen LogP contribution in [0.4, 0.5) is 5.69 Å². The van der Waals surface area contributed by atoms with Gasteiger partial charge in [0.05, 0.1) is 17.9 Å². The van der Waals surface area contributed by atoms with Crippen molar-refractivity contribution in [3.8, 4) is 0 Å². The Balaban J connectivity index is 2.07. The zero-order valence-electron chi connectivity index (χ0n) is 17.1. The Kier molecular flexibility index (Phi) is 5.20. The number of anilines is 1. The van der Waals surface area contributed by atoms with E-state index in [1.165, 1.54) is 16.9 Å². The van der Waals surface area contributed by atoms with Gasteiger partial charge >= 0.3 is 0 Å². The number of carbonyl (C=O) groups excluding carboxylic acids is 3. The molecule has 2 aromatic carbocycles. The third-order valence-electron chi connectivity index (χ3n) is 5.69. The Labute approximate surface area is 179 Å². The molecule has 2 amide bonds. The van der Waals surface area contributed by atoms with Gasteiger partial charge in [0.2, 0.25) is 0 Å². The number of hydrogen-bond acceptors (Lipinski definition) is 5. The summed E-state index contributed by atoms with van der Waals surface area (Å²) >= 11 is 0. The molecule has 0 bridgehead atoms. The van der Waals surface area contributed by atoms with E-state index in [-0.39, 0.29) is 31.0 Å². The number of hydrogen-bond donors (Lipinski definition) is 1. The van der Waals surface area contributed by atoms with Crippen molar-refractivity contribution in [1.82, 2.24) is 4.90 Å². The highest BCUT2D eigenvalue weighted by atomic mass is 16.5. The number of ketones is 1. The standard InChI is InChI=1S/C24H22N2O5/c1-3-13-25-18-12-8-7-11-17(18)24(23(25)30)19(20(27)16-9-5-4-6-10-16)21(28)22(29)26(24)14-15-31-2/h3-12,27H,1,13-15H2,2H3/b20-19+. The van der Waals surface area contributed by atoms with Gasteiger partial charge in [0.1, 0.15) is 5.76 Å². The van der Waals surface area contributed by atoms with Gasteiger partial charge in [-0.05, 0) is 6.07 Å². The Morgan fingerprint density at radius 2 is 1.77 bits per heavy atom. The fraction of sp³-hybridized carbons (Fsp3) is 0.208. The predicted octanol–water partition coefficient (Wildman–Crippen LogP) is 2.44. The van der Waals surface area contributed by atoms with E-state index >= 15 is 0 Å². The van der Waals surface area contributed by atoms with Gasteiger partial charge in [0.15, 0.2) is 5.54 Å². The second-order valence-corrected chi connectivity index (χ2v) is 7.30. The lowest BCUT2D eigenvalue weighted by molar-refractivity contribution is -0.144. The van der Waals surface area contributed by atoms with E-state index in [4.69, 9.17) is 4.74 Å². The average Bonchev–Trinajstić information content (AvgIpc) is 3.17. The number of aliphatic hydroxyl groups is 1. The SMILES string of the molecule is C=CCN1C(=O)C2(/C(=C(/O)c3ccccc3)C(=O)C(=O)N2CCOC)c2ccccc21. The molecule has 158 valence electrons. The number of carbonyl (C=O) groups is 3. The number of ether oxygens (including phenoxy) is 1. The van der Waals surface area contributed by atoms with E-state index in [2.05, 4.69) is 6.58 Å². The van der Waals surface area contributed by atoms with Crippen LogP contribution >= 0.6 is 0 Å². The third kappa shape index (κ3) is 2.81. The number of rotatable bonds is 6. The maximum atomic E-state index is 13.9. The molecule has 7 heteroatoms. The van der Waals surface area contributed by atoms with Crippen molar-refractivity contribution in [2.45, 2.75) is 5.54 Å². The van der Waals surface area contributed by atoms with E-state index in [0.717, 1.165) is 0 Å². The van der Waals surface area contributed by atoms with Gasteiger partial charge in [0, 0.05) is 31.3 Å². The van der Waals surface area contributed by atoms with Gasteiger partial charge in [-0.1, -0.05) is 54.6 Å². The van der Waals surface area contributed by atoms with Gasteiger partial charge in [-0.15, -0.1) is 6.58 Å². The van der Waals surface area contributed by atoms with Crippen LogP contribution in [0.25, 0.3) is 5.76 Å². The summed E-state index contributed by atoms with van der Waals surface area (Å²) < 4.78 is 5.14. The van der Waals surface area contributed by atoms with E-state index in [1.807, 2.05) is 0 Å². The third-order valence-corrected chi connectivity index (χ3v) is 5.69. The van der Waals surface area contributed by atoms with E-state index in [9.17, 15) is 19.5 Å². The van der Waals surface area contributed by atoms with Crippen LogP contribution in [0.1, 0.15) is 11.1 Å². The van der Waals surface area contributed by atoms with E-state index in [0.29, 0.717) is 16.8 Å². The van der Waals surface area contributed by atoms with Crippen molar-refractivity contribution in [3.63, 3.8) is 0 Å². The summed E-state index contributed by atoms with van der Waals surface area (Å²) in [6.07, 6.45) is 1.58. The van der Waals surface area contributed by atoms with Gasteiger partial charge in [0.25, 0.3) is 17.6 Å². The van der Waals surface area contributed by atoms with Gasteiger partial charge < -0.3 is 19.6 Å². The molecule has 1 saturated heterocycles. The lowest BCUT2D eigenvalue weighted by atomic mass is 9.82. The molecule has 0 radical (unpaired) electrons. The summed E-state index contributed by atoms with van der Waals surface area (Å²) in [6, 6.07) is 15.4. The fourth-order valence-corrected chi connectivity index (χ4v) is 4.40. The first-order valence-electron chi connectivity index (χ1n) is 9.86. The molecule has 7 nitrogen and oxygen atoms in total. The molecule has 1 atom stereocenters. The summed E-state index contributed by atoms with van der Waals surface area (Å²) in [7, 11) is 1.47. The molecule has 2 heterocycles. The van der Waals surface area contributed by atoms with Crippen LogP contribution in [-0.2, 0) is 24.7 Å². The minimum atomic E-state index is -1.77. The highest BCUT2D eigenvalue weighted by Gasteiger charge is 2.66. The number of fused-ring (bicyclic) bond motifs is 2. The topological polar surface area (TPSA) is 87.2 Å². The van der Waals surface area contributed by atoms with Crippen molar-refractivity contribution < 1.29 is 24.2 Å². The smallest absolute Gasteiger partial charge is 0.296 e. The maximum absolute atomic E-state index is 13.9. The number of methoxy groups -OCH3 is 1. The molecule has 1 fully saturated rings. The van der Waals surface area contributed by atoms with Crippen LogP contribution in [0.15, 0.2) is 72.8 Å².